The van der Waals surface area contributed by atoms with Crippen molar-refractivity contribution in [3.63, 3.8) is 0 Å². The molecular weight excluding hydrogens is 426 g/mol. The van der Waals surface area contributed by atoms with Crippen LogP contribution in [-0.2, 0) is 25.7 Å². The average Bonchev–Trinajstić information content (AvgIpc) is 2.71. The number of nitrogens with zero attached hydrogens (tertiary/aromatic N) is 1. The highest BCUT2D eigenvalue weighted by Gasteiger charge is 2.41. The summed E-state index contributed by atoms with van der Waals surface area (Å²) < 4.78 is 36.8. The summed E-state index contributed by atoms with van der Waals surface area (Å²) in [6, 6.07) is 13.6. The van der Waals surface area contributed by atoms with E-state index in [1.807, 2.05) is 13.0 Å². The molecule has 30 heavy (non-hydrogen) atoms. The number of hydrogen-bond donors (Lipinski definition) is 0. The molecule has 1 fully saturated rings. The normalized spacial score (nSPS) is 21.9. The molecule has 0 amide bonds. The average molecular weight is 453 g/mol. The third-order valence-electron chi connectivity index (χ3n) is 5.17. The predicted octanol–water partition coefficient (Wildman–Crippen LogP) is 4.21. The lowest BCUT2D eigenvalue weighted by Crippen LogP contribution is -2.53. The van der Waals surface area contributed by atoms with E-state index in [2.05, 4.69) is 0 Å². The molecule has 0 saturated carbocycles. The van der Waals surface area contributed by atoms with Crippen molar-refractivity contribution >= 4 is 27.7 Å². The van der Waals surface area contributed by atoms with Crippen molar-refractivity contribution in [1.82, 2.24) is 0 Å². The van der Waals surface area contributed by atoms with Crippen molar-refractivity contribution in [1.29, 1.82) is 0 Å². The van der Waals surface area contributed by atoms with Gasteiger partial charge in [0.05, 0.1) is 17.1 Å². The zero-order valence-electron chi connectivity index (χ0n) is 17.2. The number of rotatable bonds is 7. The molecule has 0 spiro atoms. The maximum atomic E-state index is 13.0. The van der Waals surface area contributed by atoms with Crippen LogP contribution in [0.15, 0.2) is 53.4 Å². The Kier molecular flexibility index (Phi) is 7.18. The summed E-state index contributed by atoms with van der Waals surface area (Å²) in [5.41, 5.74) is 2.20. The van der Waals surface area contributed by atoms with Gasteiger partial charge in [0, 0.05) is 23.8 Å². The number of carbonyl (C=O) groups excluding carboxylic acids is 1. The van der Waals surface area contributed by atoms with Crippen molar-refractivity contribution in [3.8, 4) is 0 Å². The summed E-state index contributed by atoms with van der Waals surface area (Å²) in [4.78, 5) is 12.2. The molecule has 1 saturated heterocycles. The van der Waals surface area contributed by atoms with Gasteiger partial charge in [-0.3, -0.25) is 0 Å². The van der Waals surface area contributed by atoms with E-state index in [1.54, 1.807) is 49.4 Å². The lowest BCUT2D eigenvalue weighted by atomic mass is 10.1. The number of hydrogen-bond acceptors (Lipinski definition) is 5. The maximum absolute atomic E-state index is 13.0. The minimum absolute atomic E-state index is 0.00667. The van der Waals surface area contributed by atoms with Crippen LogP contribution in [0.3, 0.4) is 0 Å². The molecule has 8 heteroatoms. The highest BCUT2D eigenvalue weighted by molar-refractivity contribution is 7.86. The summed E-state index contributed by atoms with van der Waals surface area (Å²) in [6.45, 7) is 5.17. The summed E-state index contributed by atoms with van der Waals surface area (Å²) in [7, 11) is -3.97. The molecule has 0 aliphatic carbocycles. The van der Waals surface area contributed by atoms with E-state index in [-0.39, 0.29) is 21.5 Å². The summed E-state index contributed by atoms with van der Waals surface area (Å²) >= 11 is 6.28. The van der Waals surface area contributed by atoms with Gasteiger partial charge in [0.25, 0.3) is 0 Å². The lowest BCUT2D eigenvalue weighted by Gasteiger charge is -2.38. The van der Waals surface area contributed by atoms with Crippen LogP contribution >= 0.6 is 11.6 Å². The van der Waals surface area contributed by atoms with Crippen molar-refractivity contribution in [2.75, 3.05) is 19.7 Å². The molecule has 2 aromatic rings. The molecule has 0 bridgehead atoms. The number of hydroxylamine groups is 3. The Labute approximate surface area is 183 Å². The van der Waals surface area contributed by atoms with Gasteiger partial charge in [0.2, 0.25) is 0 Å². The number of aryl methyl sites for hydroxylation is 1. The Morgan fingerprint density at radius 3 is 2.43 bits per heavy atom. The van der Waals surface area contributed by atoms with E-state index in [0.29, 0.717) is 38.0 Å². The fourth-order valence-electron chi connectivity index (χ4n) is 3.57. The van der Waals surface area contributed by atoms with Gasteiger partial charge in [-0.15, -0.1) is 11.6 Å². The van der Waals surface area contributed by atoms with Crippen molar-refractivity contribution < 1.29 is 26.9 Å². The monoisotopic (exact) mass is 452 g/mol. The van der Waals surface area contributed by atoms with Crippen molar-refractivity contribution in [2.45, 2.75) is 43.5 Å². The third-order valence-corrected chi connectivity index (χ3v) is 6.97. The minimum Gasteiger partial charge on any atom is -0.462 e. The number of piperidine rings is 1. The number of alkyl halides is 1. The van der Waals surface area contributed by atoms with E-state index < -0.39 is 16.1 Å². The largest absolute Gasteiger partial charge is 0.462 e. The molecule has 0 aromatic heterocycles. The first-order valence-corrected chi connectivity index (χ1v) is 11.9. The van der Waals surface area contributed by atoms with Crippen LogP contribution in [0, 0.1) is 6.92 Å². The highest BCUT2D eigenvalue weighted by Crippen LogP contribution is 2.30. The number of benzene rings is 2. The Balaban J connectivity index is 1.88. The minimum atomic E-state index is -3.97. The van der Waals surface area contributed by atoms with Crippen molar-refractivity contribution in [3.05, 3.63) is 65.2 Å². The number of quaternary nitrogens is 1. The predicted molar refractivity (Wildman–Crippen MR) is 114 cm³/mol. The third kappa shape index (κ3) is 5.60. The first-order chi connectivity index (χ1) is 14.2. The second kappa shape index (κ2) is 9.47. The zero-order valence-corrected chi connectivity index (χ0v) is 18.8. The molecule has 0 atom stereocenters. The summed E-state index contributed by atoms with van der Waals surface area (Å²) in [5, 5.41) is -0.00667. The Morgan fingerprint density at radius 1 is 1.13 bits per heavy atom. The molecule has 1 heterocycles. The van der Waals surface area contributed by atoms with Crippen LogP contribution in [0.2, 0.25) is 0 Å². The molecule has 162 valence electrons. The Morgan fingerprint density at radius 2 is 1.80 bits per heavy atom. The smallest absolute Gasteiger partial charge is 0.342 e. The standard InChI is InChI=1S/C22H27ClNO5S/c1-3-28-22(25)19-6-4-5-18(15-19)16-24(13-11-20(23)12-14-24)29-30(26,27)21-9-7-17(2)8-10-21/h4-10,15,20H,3,11-14,16H2,1-2H3/q+1. The van der Waals surface area contributed by atoms with Crippen LogP contribution in [0.25, 0.3) is 0 Å². The fraction of sp³-hybridized carbons (Fsp3) is 0.409. The van der Waals surface area contributed by atoms with E-state index in [4.69, 9.17) is 20.6 Å². The molecule has 1 aliphatic heterocycles. The van der Waals surface area contributed by atoms with E-state index in [1.165, 1.54) is 0 Å². The SMILES string of the molecule is CCOC(=O)c1cccc(C[N+]2(OS(=O)(=O)c3ccc(C)cc3)CCC(Cl)CC2)c1. The number of carbonyl (C=O) groups is 1. The Bertz CT molecular complexity index is 983. The molecule has 0 radical (unpaired) electrons. The molecule has 0 unspecified atom stereocenters. The van der Waals surface area contributed by atoms with Gasteiger partial charge in [-0.25, -0.2) is 4.79 Å². The van der Waals surface area contributed by atoms with Crippen LogP contribution in [0.5, 0.6) is 0 Å². The summed E-state index contributed by atoms with van der Waals surface area (Å²) in [5.74, 6) is -0.404. The zero-order chi connectivity index (χ0) is 21.8. The van der Waals surface area contributed by atoms with Gasteiger partial charge < -0.3 is 4.74 Å². The van der Waals surface area contributed by atoms with Gasteiger partial charge in [-0.2, -0.15) is 13.1 Å². The lowest BCUT2D eigenvalue weighted by molar-refractivity contribution is -1.09. The van der Waals surface area contributed by atoms with Crippen LogP contribution < -0.4 is 0 Å². The highest BCUT2D eigenvalue weighted by atomic mass is 35.5. The van der Waals surface area contributed by atoms with Crippen LogP contribution in [0.1, 0.15) is 41.3 Å². The second-order valence-electron chi connectivity index (χ2n) is 7.60. The molecule has 3 rings (SSSR count). The summed E-state index contributed by atoms with van der Waals surface area (Å²) in [6.07, 6.45) is 1.28. The van der Waals surface area contributed by atoms with Gasteiger partial charge in [-0.05, 0) is 38.1 Å². The first-order valence-electron chi connectivity index (χ1n) is 10.0. The van der Waals surface area contributed by atoms with E-state index in [0.717, 1.165) is 11.1 Å². The second-order valence-corrected chi connectivity index (χ2v) is 9.75. The quantitative estimate of drug-likeness (QED) is 0.357. The number of halogens is 1. The topological polar surface area (TPSA) is 69.7 Å². The molecule has 1 aliphatic rings. The van der Waals surface area contributed by atoms with Gasteiger partial charge in [-0.1, -0.05) is 34.1 Å². The molecular formula is C22H27ClNO5S+. The van der Waals surface area contributed by atoms with Crippen LogP contribution in [0.4, 0.5) is 0 Å². The number of likely N-dealkylation sites (tertiary alicyclic amines) is 1. The van der Waals surface area contributed by atoms with Gasteiger partial charge >= 0.3 is 16.1 Å². The van der Waals surface area contributed by atoms with E-state index >= 15 is 0 Å². The number of ether oxygens (including phenoxy) is 1. The molecule has 0 N–H and O–H groups in total. The van der Waals surface area contributed by atoms with Crippen LogP contribution in [-0.4, -0.2) is 44.1 Å². The first kappa shape index (κ1) is 22.7. The Hall–Kier alpha value is -1.93. The number of esters is 1. The fourth-order valence-corrected chi connectivity index (χ4v) is 4.93. The van der Waals surface area contributed by atoms with E-state index in [9.17, 15) is 13.2 Å². The van der Waals surface area contributed by atoms with Crippen molar-refractivity contribution in [2.24, 2.45) is 0 Å². The van der Waals surface area contributed by atoms with Gasteiger partial charge in [0.15, 0.2) is 0 Å². The molecule has 6 nitrogen and oxygen atoms in total. The maximum Gasteiger partial charge on any atom is 0.342 e. The molecule has 2 aromatic carbocycles. The van der Waals surface area contributed by atoms with Gasteiger partial charge in [0.1, 0.15) is 19.6 Å².